The van der Waals surface area contributed by atoms with Crippen LogP contribution in [0.3, 0.4) is 0 Å². The van der Waals surface area contributed by atoms with Gasteiger partial charge in [-0.25, -0.2) is 0 Å². The van der Waals surface area contributed by atoms with Crippen molar-refractivity contribution in [1.29, 1.82) is 0 Å². The van der Waals surface area contributed by atoms with Gasteiger partial charge in [-0.1, -0.05) is 12.1 Å². The highest BCUT2D eigenvalue weighted by molar-refractivity contribution is 5.94. The number of aliphatic hydroxyl groups is 1. The van der Waals surface area contributed by atoms with Crippen LogP contribution in [-0.2, 0) is 9.59 Å². The van der Waals surface area contributed by atoms with Crippen molar-refractivity contribution < 1.29 is 19.5 Å². The molecule has 1 aromatic rings. The van der Waals surface area contributed by atoms with Crippen molar-refractivity contribution in [3.63, 3.8) is 0 Å². The number of carbonyl (C=O) groups excluding carboxylic acids is 3. The number of benzene rings is 1. The van der Waals surface area contributed by atoms with Crippen LogP contribution in [0.4, 0.5) is 0 Å². The Morgan fingerprint density at radius 2 is 1.61 bits per heavy atom. The average Bonchev–Trinajstić information content (AvgIpc) is 3.56. The van der Waals surface area contributed by atoms with Crippen LogP contribution >= 0.6 is 0 Å². The van der Waals surface area contributed by atoms with Gasteiger partial charge >= 0.3 is 0 Å². The van der Waals surface area contributed by atoms with Gasteiger partial charge in [0, 0.05) is 44.8 Å². The summed E-state index contributed by atoms with van der Waals surface area (Å²) in [6.45, 7) is 1.86. The van der Waals surface area contributed by atoms with E-state index in [2.05, 4.69) is 10.2 Å². The lowest BCUT2D eigenvalue weighted by molar-refractivity contribution is -0.144. The number of piperazine rings is 1. The predicted octanol–water partition coefficient (Wildman–Crippen LogP) is 0.767. The van der Waals surface area contributed by atoms with Crippen LogP contribution in [0.5, 0.6) is 0 Å². The van der Waals surface area contributed by atoms with E-state index in [9.17, 15) is 19.5 Å². The van der Waals surface area contributed by atoms with E-state index in [0.717, 1.165) is 24.8 Å². The van der Waals surface area contributed by atoms with Gasteiger partial charge in [-0.05, 0) is 56.8 Å². The monoisotopic (exact) mass is 428 g/mol. The molecule has 3 aliphatic rings. The minimum Gasteiger partial charge on any atom is -0.380 e. The predicted molar refractivity (Wildman–Crippen MR) is 115 cm³/mol. The summed E-state index contributed by atoms with van der Waals surface area (Å²) in [5.74, 6) is -0.190. The molecular weight excluding hydrogens is 396 g/mol. The molecule has 8 nitrogen and oxygen atoms in total. The number of amides is 3. The zero-order chi connectivity index (χ0) is 22.2. The van der Waals surface area contributed by atoms with Crippen LogP contribution in [0.15, 0.2) is 24.3 Å². The first-order valence-electron chi connectivity index (χ1n) is 11.2. The van der Waals surface area contributed by atoms with E-state index in [1.165, 1.54) is 0 Å². The fourth-order valence-corrected chi connectivity index (χ4v) is 4.78. The average molecular weight is 429 g/mol. The van der Waals surface area contributed by atoms with Crippen LogP contribution in [0.1, 0.15) is 54.1 Å². The van der Waals surface area contributed by atoms with Gasteiger partial charge in [-0.15, -0.1) is 0 Å². The normalized spacial score (nSPS) is 25.8. The highest BCUT2D eigenvalue weighted by Gasteiger charge is 2.50. The highest BCUT2D eigenvalue weighted by Crippen LogP contribution is 2.37. The maximum absolute atomic E-state index is 12.9. The molecule has 1 aromatic carbocycles. The Balaban J connectivity index is 1.36. The summed E-state index contributed by atoms with van der Waals surface area (Å²) in [6, 6.07) is 7.73. The molecule has 1 aliphatic carbocycles. The molecule has 31 heavy (non-hydrogen) atoms. The number of hydrogen-bond donors (Lipinski definition) is 2. The molecule has 168 valence electrons. The van der Waals surface area contributed by atoms with Crippen LogP contribution in [0.25, 0.3) is 0 Å². The molecule has 8 heteroatoms. The van der Waals surface area contributed by atoms with Gasteiger partial charge in [0.2, 0.25) is 5.91 Å². The van der Waals surface area contributed by atoms with Gasteiger partial charge in [0.15, 0.2) is 0 Å². The smallest absolute Gasteiger partial charge is 0.254 e. The second-order valence-electron chi connectivity index (χ2n) is 8.98. The first kappa shape index (κ1) is 21.8. The van der Waals surface area contributed by atoms with Gasteiger partial charge in [0.05, 0.1) is 6.04 Å². The van der Waals surface area contributed by atoms with Crippen molar-refractivity contribution in [2.24, 2.45) is 0 Å². The Morgan fingerprint density at radius 1 is 1.00 bits per heavy atom. The Hall–Kier alpha value is -2.45. The Bertz CT molecular complexity index is 844. The van der Waals surface area contributed by atoms with Crippen molar-refractivity contribution >= 4 is 17.7 Å². The number of hydrogen-bond acceptors (Lipinski definition) is 5. The number of likely N-dealkylation sites (tertiary alicyclic amines) is 1. The number of piperidine rings is 1. The lowest BCUT2D eigenvalue weighted by Crippen LogP contribution is -2.53. The third kappa shape index (κ3) is 4.32. The van der Waals surface area contributed by atoms with Crippen molar-refractivity contribution in [2.75, 3.05) is 40.3 Å². The maximum atomic E-state index is 12.9. The van der Waals surface area contributed by atoms with Gasteiger partial charge in [-0.2, -0.15) is 0 Å². The lowest BCUT2D eigenvalue weighted by Gasteiger charge is -2.39. The number of likely N-dealkylation sites (N-methyl/N-ethyl adjacent to an activating group) is 2. The second-order valence-corrected chi connectivity index (χ2v) is 8.98. The number of carbonyl (C=O) groups is 3. The molecule has 4 rings (SSSR count). The molecule has 0 radical (unpaired) electrons. The first-order valence-corrected chi connectivity index (χ1v) is 11.2. The van der Waals surface area contributed by atoms with E-state index in [0.29, 0.717) is 44.6 Å². The van der Waals surface area contributed by atoms with Gasteiger partial charge in [0.1, 0.15) is 5.60 Å². The standard InChI is InChI=1S/C23H32N4O4/c1-24-20(28)19-5-3-4-18(25(19)2)16-6-8-17(9-7-16)21(29)26-12-14-27(15-13-26)22(30)23(31)10-11-23/h6-9,18-19,31H,3-5,10-15H2,1-2H3,(H,24,28). The number of rotatable bonds is 4. The topological polar surface area (TPSA) is 93.2 Å². The maximum Gasteiger partial charge on any atom is 0.254 e. The minimum absolute atomic E-state index is 0.0379. The van der Waals surface area contributed by atoms with E-state index in [-0.39, 0.29) is 29.8 Å². The Morgan fingerprint density at radius 3 is 2.19 bits per heavy atom. The van der Waals surface area contributed by atoms with Crippen molar-refractivity contribution in [3.05, 3.63) is 35.4 Å². The molecule has 0 aromatic heterocycles. The highest BCUT2D eigenvalue weighted by atomic mass is 16.3. The largest absolute Gasteiger partial charge is 0.380 e. The molecule has 0 spiro atoms. The van der Waals surface area contributed by atoms with Gasteiger partial charge in [0.25, 0.3) is 11.8 Å². The molecule has 3 amide bonds. The summed E-state index contributed by atoms with van der Waals surface area (Å²) < 4.78 is 0. The fourth-order valence-electron chi connectivity index (χ4n) is 4.78. The minimum atomic E-state index is -1.15. The molecule has 2 N–H and O–H groups in total. The third-order valence-electron chi connectivity index (χ3n) is 7.01. The molecule has 2 saturated heterocycles. The van der Waals surface area contributed by atoms with Gasteiger partial charge in [-0.3, -0.25) is 19.3 Å². The third-order valence-corrected chi connectivity index (χ3v) is 7.01. The van der Waals surface area contributed by atoms with Crippen LogP contribution in [-0.4, -0.2) is 89.4 Å². The summed E-state index contributed by atoms with van der Waals surface area (Å²) in [7, 11) is 3.66. The molecule has 2 aliphatic heterocycles. The van der Waals surface area contributed by atoms with E-state index in [1.807, 2.05) is 31.3 Å². The number of nitrogens with one attached hydrogen (secondary N) is 1. The SMILES string of the molecule is CNC(=O)C1CCCC(c2ccc(C(=O)N3CCN(C(=O)C4(O)CC4)CC3)cc2)N1C. The molecular formula is C23H32N4O4. The summed E-state index contributed by atoms with van der Waals surface area (Å²) in [4.78, 5) is 42.9. The van der Waals surface area contributed by atoms with Crippen LogP contribution in [0.2, 0.25) is 0 Å². The zero-order valence-electron chi connectivity index (χ0n) is 18.3. The fraction of sp³-hybridized carbons (Fsp3) is 0.609. The summed E-state index contributed by atoms with van der Waals surface area (Å²) in [5, 5.41) is 12.8. The molecule has 1 saturated carbocycles. The molecule has 2 heterocycles. The zero-order valence-corrected chi connectivity index (χ0v) is 18.3. The summed E-state index contributed by atoms with van der Waals surface area (Å²) >= 11 is 0. The number of nitrogens with zero attached hydrogens (tertiary/aromatic N) is 3. The van der Waals surface area contributed by atoms with E-state index < -0.39 is 5.60 Å². The Kier molecular flexibility index (Phi) is 6.03. The van der Waals surface area contributed by atoms with Gasteiger partial charge < -0.3 is 20.2 Å². The summed E-state index contributed by atoms with van der Waals surface area (Å²) in [5.41, 5.74) is 0.594. The lowest BCUT2D eigenvalue weighted by atomic mass is 9.90. The molecule has 2 atom stereocenters. The first-order chi connectivity index (χ1) is 14.8. The van der Waals surface area contributed by atoms with Crippen LogP contribution < -0.4 is 5.32 Å². The Labute approximate surface area is 183 Å². The van der Waals surface area contributed by atoms with E-state index >= 15 is 0 Å². The van der Waals surface area contributed by atoms with Crippen LogP contribution in [0, 0.1) is 0 Å². The molecule has 0 bridgehead atoms. The van der Waals surface area contributed by atoms with Crippen molar-refractivity contribution in [3.8, 4) is 0 Å². The quantitative estimate of drug-likeness (QED) is 0.739. The van der Waals surface area contributed by atoms with Crippen molar-refractivity contribution in [2.45, 2.75) is 49.8 Å². The van der Waals surface area contributed by atoms with E-state index in [1.54, 1.807) is 16.8 Å². The van der Waals surface area contributed by atoms with E-state index in [4.69, 9.17) is 0 Å². The van der Waals surface area contributed by atoms with Crippen molar-refractivity contribution in [1.82, 2.24) is 20.0 Å². The molecule has 3 fully saturated rings. The summed E-state index contributed by atoms with van der Waals surface area (Å²) in [6.07, 6.45) is 3.91. The second kappa shape index (κ2) is 8.59. The molecule has 2 unspecified atom stereocenters.